The molecule has 208 valence electrons. The molecular formula is C36H39N4S+. The third-order valence-corrected chi connectivity index (χ3v) is 10.1. The molecule has 2 aliphatic heterocycles. The lowest BCUT2D eigenvalue weighted by Gasteiger charge is -2.25. The van der Waals surface area contributed by atoms with Gasteiger partial charge in [-0.2, -0.15) is 4.58 Å². The summed E-state index contributed by atoms with van der Waals surface area (Å²) in [5, 5.41) is 0.790. The Kier molecular flexibility index (Phi) is 7.11. The molecule has 2 aromatic carbocycles. The van der Waals surface area contributed by atoms with Gasteiger partial charge >= 0.3 is 0 Å². The molecule has 1 aliphatic carbocycles. The van der Waals surface area contributed by atoms with Gasteiger partial charge in [-0.1, -0.05) is 62.4 Å². The largest absolute Gasteiger partial charge is 0.347 e. The Morgan fingerprint density at radius 3 is 2.27 bits per heavy atom. The SMILES string of the molecule is CN1/C(=C\C=C2/CCCC(/C=C/C3=[N+](C)c4ccccc4C3(C)C)=C2Sc2ncccn2)C(C)(C)c2ccccc21. The van der Waals surface area contributed by atoms with Gasteiger partial charge in [0.1, 0.15) is 7.05 Å². The van der Waals surface area contributed by atoms with E-state index in [9.17, 15) is 0 Å². The molecule has 3 aliphatic rings. The molecule has 0 N–H and O–H groups in total. The second-order valence-corrected chi connectivity index (χ2v) is 13.2. The molecule has 0 bridgehead atoms. The number of nitrogens with zero attached hydrogens (tertiary/aromatic N) is 4. The van der Waals surface area contributed by atoms with Crippen molar-refractivity contribution in [2.24, 2.45) is 0 Å². The van der Waals surface area contributed by atoms with Crippen LogP contribution in [0.15, 0.2) is 118 Å². The molecule has 0 radical (unpaired) electrons. The number of hydrogen-bond donors (Lipinski definition) is 0. The minimum Gasteiger partial charge on any atom is -0.347 e. The van der Waals surface area contributed by atoms with Gasteiger partial charge in [0.2, 0.25) is 5.69 Å². The maximum atomic E-state index is 4.57. The lowest BCUT2D eigenvalue weighted by molar-refractivity contribution is -0.401. The van der Waals surface area contributed by atoms with E-state index in [1.807, 2.05) is 18.5 Å². The average molecular weight is 560 g/mol. The summed E-state index contributed by atoms with van der Waals surface area (Å²) >= 11 is 1.69. The summed E-state index contributed by atoms with van der Waals surface area (Å²) in [5.41, 5.74) is 10.6. The summed E-state index contributed by atoms with van der Waals surface area (Å²) in [7, 11) is 4.37. The van der Waals surface area contributed by atoms with Crippen LogP contribution in [0.3, 0.4) is 0 Å². The van der Waals surface area contributed by atoms with E-state index in [4.69, 9.17) is 0 Å². The molecule has 0 spiro atoms. The van der Waals surface area contributed by atoms with Crippen molar-refractivity contribution in [2.45, 2.75) is 62.9 Å². The van der Waals surface area contributed by atoms with E-state index in [2.05, 4.69) is 134 Å². The van der Waals surface area contributed by atoms with Gasteiger partial charge in [0.25, 0.3) is 0 Å². The van der Waals surface area contributed by atoms with Crippen LogP contribution in [0.5, 0.6) is 0 Å². The summed E-state index contributed by atoms with van der Waals surface area (Å²) in [5.74, 6) is 0. The van der Waals surface area contributed by atoms with Crippen molar-refractivity contribution < 1.29 is 4.58 Å². The fraction of sp³-hybridized carbons (Fsp3) is 0.306. The van der Waals surface area contributed by atoms with Crippen molar-refractivity contribution in [2.75, 3.05) is 19.0 Å². The number of thioether (sulfide) groups is 1. The van der Waals surface area contributed by atoms with Gasteiger partial charge in [0.15, 0.2) is 10.9 Å². The monoisotopic (exact) mass is 559 g/mol. The third-order valence-electron chi connectivity index (χ3n) is 8.98. The zero-order valence-corrected chi connectivity index (χ0v) is 25.8. The van der Waals surface area contributed by atoms with Crippen LogP contribution in [0, 0.1) is 0 Å². The molecule has 4 nitrogen and oxygen atoms in total. The molecule has 1 aromatic heterocycles. The number of likely N-dealkylation sites (N-methyl/N-ethyl adjacent to an activating group) is 1. The molecule has 6 rings (SSSR count). The third kappa shape index (κ3) is 4.80. The quantitative estimate of drug-likeness (QED) is 0.232. The minimum atomic E-state index is -0.0519. The normalized spacial score (nSPS) is 21.4. The molecule has 0 fully saturated rings. The number of rotatable bonds is 5. The van der Waals surface area contributed by atoms with E-state index >= 15 is 0 Å². The summed E-state index contributed by atoms with van der Waals surface area (Å²) in [4.78, 5) is 12.8. The molecule has 0 saturated carbocycles. The van der Waals surface area contributed by atoms with Crippen LogP contribution in [0.4, 0.5) is 11.4 Å². The van der Waals surface area contributed by atoms with Crippen LogP contribution < -0.4 is 4.90 Å². The lowest BCUT2D eigenvalue weighted by Crippen LogP contribution is -2.26. The van der Waals surface area contributed by atoms with Crippen molar-refractivity contribution in [3.05, 3.63) is 124 Å². The molecule has 3 aromatic rings. The summed E-state index contributed by atoms with van der Waals surface area (Å²) < 4.78 is 2.35. The first-order valence-corrected chi connectivity index (χ1v) is 15.3. The van der Waals surface area contributed by atoms with E-state index < -0.39 is 0 Å². The molecule has 3 heterocycles. The first-order chi connectivity index (χ1) is 19.7. The van der Waals surface area contributed by atoms with Gasteiger partial charge in [-0.05, 0) is 79.8 Å². The van der Waals surface area contributed by atoms with Gasteiger partial charge in [-0.15, -0.1) is 0 Å². The van der Waals surface area contributed by atoms with Crippen molar-refractivity contribution in [1.29, 1.82) is 0 Å². The average Bonchev–Trinajstić information content (AvgIpc) is 3.29. The van der Waals surface area contributed by atoms with Gasteiger partial charge in [0.05, 0.1) is 5.41 Å². The first-order valence-electron chi connectivity index (χ1n) is 14.5. The number of allylic oxidation sites excluding steroid dienone is 7. The maximum Gasteiger partial charge on any atom is 0.209 e. The van der Waals surface area contributed by atoms with E-state index in [0.717, 1.165) is 24.4 Å². The molecule has 41 heavy (non-hydrogen) atoms. The fourth-order valence-electron chi connectivity index (χ4n) is 6.74. The maximum absolute atomic E-state index is 4.57. The zero-order chi connectivity index (χ0) is 28.8. The number of para-hydroxylation sites is 2. The Hall–Kier alpha value is -3.70. The van der Waals surface area contributed by atoms with Gasteiger partial charge in [-0.3, -0.25) is 0 Å². The Morgan fingerprint density at radius 2 is 1.54 bits per heavy atom. The van der Waals surface area contributed by atoms with Gasteiger partial charge in [0, 0.05) is 58.9 Å². The molecule has 0 atom stereocenters. The van der Waals surface area contributed by atoms with Crippen molar-refractivity contribution in [3.63, 3.8) is 0 Å². The van der Waals surface area contributed by atoms with Crippen LogP contribution >= 0.6 is 11.8 Å². The fourth-order valence-corrected chi connectivity index (χ4v) is 7.76. The van der Waals surface area contributed by atoms with Crippen LogP contribution in [0.2, 0.25) is 0 Å². The number of fused-ring (bicyclic) bond motifs is 2. The van der Waals surface area contributed by atoms with Crippen LogP contribution in [0.1, 0.15) is 58.1 Å². The zero-order valence-electron chi connectivity index (χ0n) is 25.0. The van der Waals surface area contributed by atoms with Crippen molar-refractivity contribution in [1.82, 2.24) is 9.97 Å². The molecule has 5 heteroatoms. The van der Waals surface area contributed by atoms with Crippen molar-refractivity contribution >= 4 is 28.8 Å². The highest BCUT2D eigenvalue weighted by Crippen LogP contribution is 2.47. The second-order valence-electron chi connectivity index (χ2n) is 12.2. The Morgan fingerprint density at radius 1 is 0.829 bits per heavy atom. The molecule has 0 unspecified atom stereocenters. The topological polar surface area (TPSA) is 32.0 Å². The van der Waals surface area contributed by atoms with Crippen LogP contribution in [0.25, 0.3) is 0 Å². The van der Waals surface area contributed by atoms with Crippen LogP contribution in [-0.2, 0) is 10.8 Å². The van der Waals surface area contributed by atoms with Crippen molar-refractivity contribution in [3.8, 4) is 0 Å². The highest BCUT2D eigenvalue weighted by atomic mass is 32.2. The van der Waals surface area contributed by atoms with E-state index in [1.165, 1.54) is 50.0 Å². The Bertz CT molecular complexity index is 1650. The van der Waals surface area contributed by atoms with E-state index in [1.54, 1.807) is 11.8 Å². The molecule has 0 amide bonds. The standard InChI is InChI=1S/C36H39N4S/c1-35(2)27-15-7-9-17-29(27)39(5)31(35)21-19-25-13-11-14-26(33(25)41-34-37-23-12-24-38-34)20-22-32-36(3,4)28-16-8-10-18-30(28)40(32)6/h7-10,12,15-24H,11,13-14H2,1-6H3/q+1. The molecular weight excluding hydrogens is 520 g/mol. The predicted octanol–water partition coefficient (Wildman–Crippen LogP) is 8.51. The summed E-state index contributed by atoms with van der Waals surface area (Å²) in [6.45, 7) is 9.31. The van der Waals surface area contributed by atoms with Gasteiger partial charge < -0.3 is 4.90 Å². The van der Waals surface area contributed by atoms with Crippen LogP contribution in [-0.4, -0.2) is 34.4 Å². The Balaban J connectivity index is 1.41. The smallest absolute Gasteiger partial charge is 0.209 e. The highest BCUT2D eigenvalue weighted by molar-refractivity contribution is 8.03. The number of aromatic nitrogens is 2. The van der Waals surface area contributed by atoms with Gasteiger partial charge in [-0.25, -0.2) is 9.97 Å². The Labute approximate surface area is 248 Å². The lowest BCUT2D eigenvalue weighted by atomic mass is 9.81. The van der Waals surface area contributed by atoms with E-state index in [0.29, 0.717) is 0 Å². The minimum absolute atomic E-state index is 0.0519. The highest BCUT2D eigenvalue weighted by Gasteiger charge is 2.42. The number of anilines is 1. The first kappa shape index (κ1) is 27.5. The second kappa shape index (κ2) is 10.6. The summed E-state index contributed by atoms with van der Waals surface area (Å²) in [6.07, 6.45) is 16.3. The predicted molar refractivity (Wildman–Crippen MR) is 172 cm³/mol. The summed E-state index contributed by atoms with van der Waals surface area (Å²) in [6, 6.07) is 19.4. The number of hydrogen-bond acceptors (Lipinski definition) is 4. The molecule has 0 saturated heterocycles. The number of benzene rings is 2. The van der Waals surface area contributed by atoms with E-state index in [-0.39, 0.29) is 10.8 Å².